The van der Waals surface area contributed by atoms with Crippen molar-refractivity contribution in [3.63, 3.8) is 0 Å². The average Bonchev–Trinajstić information content (AvgIpc) is 2.42. The maximum absolute atomic E-state index is 10.7. The minimum absolute atomic E-state index is 0.355. The molecular weight excluding hydrogens is 285 g/mol. The zero-order chi connectivity index (χ0) is 14.5. The summed E-state index contributed by atoms with van der Waals surface area (Å²) < 4.78 is 0. The van der Waals surface area contributed by atoms with E-state index in [0.717, 1.165) is 18.7 Å². The highest BCUT2D eigenvalue weighted by molar-refractivity contribution is 6.18. The van der Waals surface area contributed by atoms with Gasteiger partial charge >= 0.3 is 5.97 Å². The molecule has 3 nitrogen and oxygen atoms in total. The first-order valence-corrected chi connectivity index (χ1v) is 7.34. The molecule has 0 spiro atoms. The number of nitrogens with one attached hydrogen (secondary N) is 1. The maximum Gasteiger partial charge on any atom is 0.310 e. The summed E-state index contributed by atoms with van der Waals surface area (Å²) in [5.74, 6) is 0.225. The van der Waals surface area contributed by atoms with Crippen molar-refractivity contribution in [3.05, 3.63) is 35.9 Å². The third kappa shape index (κ3) is 8.87. The van der Waals surface area contributed by atoms with Crippen molar-refractivity contribution in [3.8, 4) is 0 Å². The Morgan fingerprint density at radius 2 is 1.74 bits per heavy atom. The molecule has 1 rings (SSSR count). The van der Waals surface area contributed by atoms with Crippen molar-refractivity contribution >= 4 is 29.2 Å². The fourth-order valence-corrected chi connectivity index (χ4v) is 1.76. The van der Waals surface area contributed by atoms with E-state index in [9.17, 15) is 4.79 Å². The second-order valence-corrected chi connectivity index (χ2v) is 4.59. The molecule has 0 aromatic heterocycles. The summed E-state index contributed by atoms with van der Waals surface area (Å²) in [6.07, 6.45) is 0.638. The molecule has 0 saturated carbocycles. The Morgan fingerprint density at radius 1 is 1.21 bits per heavy atom. The lowest BCUT2D eigenvalue weighted by Gasteiger charge is -2.08. The van der Waals surface area contributed by atoms with Gasteiger partial charge in [0.25, 0.3) is 0 Å². The van der Waals surface area contributed by atoms with Gasteiger partial charge in [-0.2, -0.15) is 0 Å². The molecule has 0 aliphatic heterocycles. The van der Waals surface area contributed by atoms with Crippen LogP contribution in [0.3, 0.4) is 0 Å². The van der Waals surface area contributed by atoms with E-state index in [-0.39, 0.29) is 5.92 Å². The molecule has 1 aromatic carbocycles. The quantitative estimate of drug-likeness (QED) is 0.600. The Bertz CT molecular complexity index is 329. The molecule has 19 heavy (non-hydrogen) atoms. The van der Waals surface area contributed by atoms with Crippen LogP contribution in [0, 0.1) is 0 Å². The first-order chi connectivity index (χ1) is 9.17. The SMILES string of the molecule is CCC(C(=O)O)c1ccccc1.ClCCNCCCl. The van der Waals surface area contributed by atoms with Crippen LogP contribution in [0.1, 0.15) is 24.8 Å². The van der Waals surface area contributed by atoms with Crippen LogP contribution in [-0.4, -0.2) is 35.9 Å². The van der Waals surface area contributed by atoms with Crippen LogP contribution < -0.4 is 5.32 Å². The summed E-state index contributed by atoms with van der Waals surface area (Å²) in [4.78, 5) is 10.7. The van der Waals surface area contributed by atoms with E-state index in [0.29, 0.717) is 18.2 Å². The Labute approximate surface area is 124 Å². The van der Waals surface area contributed by atoms with Crippen LogP contribution in [0.5, 0.6) is 0 Å². The van der Waals surface area contributed by atoms with E-state index in [2.05, 4.69) is 5.32 Å². The molecule has 0 radical (unpaired) electrons. The summed E-state index contributed by atoms with van der Waals surface area (Å²) in [6, 6.07) is 9.31. The van der Waals surface area contributed by atoms with Crippen LogP contribution in [-0.2, 0) is 4.79 Å². The second-order valence-electron chi connectivity index (χ2n) is 3.84. The minimum Gasteiger partial charge on any atom is -0.481 e. The highest BCUT2D eigenvalue weighted by atomic mass is 35.5. The Hall–Kier alpha value is -0.770. The largest absolute Gasteiger partial charge is 0.481 e. The lowest BCUT2D eigenvalue weighted by Crippen LogP contribution is -2.18. The molecule has 5 heteroatoms. The van der Waals surface area contributed by atoms with Gasteiger partial charge in [0.15, 0.2) is 0 Å². The Morgan fingerprint density at radius 3 is 2.11 bits per heavy atom. The molecule has 0 bridgehead atoms. The number of hydrogen-bond acceptors (Lipinski definition) is 2. The number of hydrogen-bond donors (Lipinski definition) is 2. The second kappa shape index (κ2) is 12.3. The highest BCUT2D eigenvalue weighted by Gasteiger charge is 2.16. The van der Waals surface area contributed by atoms with Gasteiger partial charge in [-0.1, -0.05) is 37.3 Å². The average molecular weight is 306 g/mol. The van der Waals surface area contributed by atoms with Gasteiger partial charge in [-0.25, -0.2) is 0 Å². The number of benzene rings is 1. The number of aliphatic carboxylic acids is 1. The first-order valence-electron chi connectivity index (χ1n) is 6.27. The number of carboxylic acids is 1. The van der Waals surface area contributed by atoms with Gasteiger partial charge < -0.3 is 10.4 Å². The molecule has 2 N–H and O–H groups in total. The van der Waals surface area contributed by atoms with E-state index in [1.54, 1.807) is 0 Å². The minimum atomic E-state index is -0.747. The van der Waals surface area contributed by atoms with Gasteiger partial charge in [0.2, 0.25) is 0 Å². The topological polar surface area (TPSA) is 49.3 Å². The standard InChI is InChI=1S/C10H12O2.C4H9Cl2N/c1-2-9(10(11)12)8-6-4-3-5-7-8;5-1-3-7-4-2-6/h3-7,9H,2H2,1H3,(H,11,12);7H,1-4H2. The fraction of sp³-hybridized carbons (Fsp3) is 0.500. The molecule has 1 aromatic rings. The Kier molecular flexibility index (Phi) is 11.8. The van der Waals surface area contributed by atoms with E-state index in [1.165, 1.54) is 0 Å². The molecule has 0 aliphatic carbocycles. The third-order valence-corrected chi connectivity index (χ3v) is 2.83. The highest BCUT2D eigenvalue weighted by Crippen LogP contribution is 2.18. The molecule has 0 saturated heterocycles. The normalized spacial score (nSPS) is 11.3. The molecule has 1 atom stereocenters. The molecular formula is C14H21Cl2NO2. The zero-order valence-electron chi connectivity index (χ0n) is 11.1. The molecule has 0 fully saturated rings. The van der Waals surface area contributed by atoms with Gasteiger partial charge in [-0.3, -0.25) is 4.79 Å². The summed E-state index contributed by atoms with van der Waals surface area (Å²) in [7, 11) is 0. The van der Waals surface area contributed by atoms with Crippen LogP contribution in [0.15, 0.2) is 30.3 Å². The van der Waals surface area contributed by atoms with Crippen molar-refractivity contribution in [2.45, 2.75) is 19.3 Å². The number of carboxylic acid groups (broad SMARTS) is 1. The third-order valence-electron chi connectivity index (χ3n) is 2.45. The van der Waals surface area contributed by atoms with Gasteiger partial charge in [0.05, 0.1) is 5.92 Å². The van der Waals surface area contributed by atoms with E-state index in [1.807, 2.05) is 37.3 Å². The van der Waals surface area contributed by atoms with E-state index in [4.69, 9.17) is 28.3 Å². The Balaban J connectivity index is 0.000000399. The predicted octanol–water partition coefficient (Wildman–Crippen LogP) is 3.32. The van der Waals surface area contributed by atoms with E-state index < -0.39 is 5.97 Å². The van der Waals surface area contributed by atoms with Crippen molar-refractivity contribution < 1.29 is 9.90 Å². The lowest BCUT2D eigenvalue weighted by atomic mass is 9.97. The number of rotatable bonds is 7. The van der Waals surface area contributed by atoms with Crippen molar-refractivity contribution in [2.75, 3.05) is 24.8 Å². The summed E-state index contributed by atoms with van der Waals surface area (Å²) in [5.41, 5.74) is 0.882. The molecule has 1 unspecified atom stereocenters. The van der Waals surface area contributed by atoms with Crippen LogP contribution in [0.25, 0.3) is 0 Å². The molecule has 0 heterocycles. The molecule has 0 aliphatic rings. The van der Waals surface area contributed by atoms with Gasteiger partial charge in [-0.15, -0.1) is 23.2 Å². The van der Waals surface area contributed by atoms with Gasteiger partial charge in [-0.05, 0) is 12.0 Å². The monoisotopic (exact) mass is 305 g/mol. The maximum atomic E-state index is 10.7. The summed E-state index contributed by atoms with van der Waals surface area (Å²) in [5, 5.41) is 11.8. The van der Waals surface area contributed by atoms with Crippen molar-refractivity contribution in [1.29, 1.82) is 0 Å². The van der Waals surface area contributed by atoms with Gasteiger partial charge in [0.1, 0.15) is 0 Å². The molecule has 108 valence electrons. The van der Waals surface area contributed by atoms with Crippen LogP contribution in [0.2, 0.25) is 0 Å². The number of carbonyl (C=O) groups is 1. The smallest absolute Gasteiger partial charge is 0.310 e. The van der Waals surface area contributed by atoms with Crippen LogP contribution in [0.4, 0.5) is 0 Å². The van der Waals surface area contributed by atoms with Gasteiger partial charge in [0, 0.05) is 24.8 Å². The molecule has 0 amide bonds. The lowest BCUT2D eigenvalue weighted by molar-refractivity contribution is -0.138. The summed E-state index contributed by atoms with van der Waals surface area (Å²) in [6.45, 7) is 3.59. The fourth-order valence-electron chi connectivity index (χ4n) is 1.50. The predicted molar refractivity (Wildman–Crippen MR) is 81.4 cm³/mol. The van der Waals surface area contributed by atoms with Crippen molar-refractivity contribution in [1.82, 2.24) is 5.32 Å². The number of alkyl halides is 2. The van der Waals surface area contributed by atoms with E-state index >= 15 is 0 Å². The summed E-state index contributed by atoms with van der Waals surface area (Å²) >= 11 is 10.7. The van der Waals surface area contributed by atoms with Crippen LogP contribution >= 0.6 is 23.2 Å². The number of halogens is 2. The first kappa shape index (κ1) is 18.2. The van der Waals surface area contributed by atoms with Crippen molar-refractivity contribution in [2.24, 2.45) is 0 Å². The zero-order valence-corrected chi connectivity index (χ0v) is 12.6.